The second kappa shape index (κ2) is 3.60. The van der Waals surface area contributed by atoms with Crippen LogP contribution in [0.15, 0.2) is 23.0 Å². The molecule has 0 atom stereocenters. The molecule has 3 heterocycles. The smallest absolute Gasteiger partial charge is 0.153 e. The summed E-state index contributed by atoms with van der Waals surface area (Å²) >= 11 is 0. The minimum Gasteiger partial charge on any atom is -0.489 e. The molecule has 5 heteroatoms. The predicted octanol–water partition coefficient (Wildman–Crippen LogP) is 2.70. The van der Waals surface area contributed by atoms with Crippen molar-refractivity contribution in [1.82, 2.24) is 14.7 Å². The highest BCUT2D eigenvalue weighted by Gasteiger charge is 2.22. The number of aryl methyl sites for hydroxylation is 2. The maximum Gasteiger partial charge on any atom is 0.153 e. The van der Waals surface area contributed by atoms with E-state index in [1.807, 2.05) is 32.3 Å². The van der Waals surface area contributed by atoms with Gasteiger partial charge in [-0.2, -0.15) is 0 Å². The molecular weight excluding hydrogens is 242 g/mol. The zero-order chi connectivity index (χ0) is 13.0. The van der Waals surface area contributed by atoms with Crippen LogP contribution in [0.3, 0.4) is 0 Å². The molecule has 5 nitrogen and oxygen atoms in total. The maximum absolute atomic E-state index is 5.89. The third kappa shape index (κ3) is 1.35. The van der Waals surface area contributed by atoms with Crippen molar-refractivity contribution in [3.63, 3.8) is 0 Å². The van der Waals surface area contributed by atoms with E-state index in [0.29, 0.717) is 6.61 Å². The fourth-order valence-corrected chi connectivity index (χ4v) is 2.76. The van der Waals surface area contributed by atoms with Gasteiger partial charge in [-0.05, 0) is 26.0 Å². The van der Waals surface area contributed by atoms with E-state index in [0.717, 1.165) is 45.9 Å². The van der Waals surface area contributed by atoms with Crippen molar-refractivity contribution < 1.29 is 9.26 Å². The van der Waals surface area contributed by atoms with Crippen LogP contribution in [0.5, 0.6) is 5.75 Å². The Labute approximate surface area is 109 Å². The van der Waals surface area contributed by atoms with E-state index in [2.05, 4.69) is 14.7 Å². The zero-order valence-electron chi connectivity index (χ0n) is 10.8. The van der Waals surface area contributed by atoms with Gasteiger partial charge in [-0.3, -0.25) is 0 Å². The Morgan fingerprint density at radius 1 is 1.26 bits per heavy atom. The predicted molar refractivity (Wildman–Crippen MR) is 70.2 cm³/mol. The molecule has 0 saturated carbocycles. The van der Waals surface area contributed by atoms with E-state index in [-0.39, 0.29) is 0 Å². The summed E-state index contributed by atoms with van der Waals surface area (Å²) in [4.78, 5) is 4.40. The van der Waals surface area contributed by atoms with Crippen molar-refractivity contribution >= 4 is 11.0 Å². The minimum absolute atomic E-state index is 0.666. The van der Waals surface area contributed by atoms with Crippen molar-refractivity contribution in [1.29, 1.82) is 0 Å². The molecule has 0 aliphatic carbocycles. The molecule has 1 aromatic carbocycles. The molecule has 0 unspecified atom stereocenters. The van der Waals surface area contributed by atoms with Gasteiger partial charge in [-0.1, -0.05) is 5.16 Å². The van der Waals surface area contributed by atoms with Crippen molar-refractivity contribution in [2.24, 2.45) is 0 Å². The molecule has 2 aromatic heterocycles. The maximum atomic E-state index is 5.89. The second-order valence-electron chi connectivity index (χ2n) is 4.80. The summed E-state index contributed by atoms with van der Waals surface area (Å²) in [6.07, 6.45) is 1.87. The highest BCUT2D eigenvalue weighted by atomic mass is 16.5. The number of hydrogen-bond donors (Lipinski definition) is 0. The number of hydrogen-bond acceptors (Lipinski definition) is 4. The first-order valence-corrected chi connectivity index (χ1v) is 6.29. The molecule has 0 radical (unpaired) electrons. The average molecular weight is 255 g/mol. The van der Waals surface area contributed by atoms with Crippen molar-refractivity contribution in [2.75, 3.05) is 6.61 Å². The molecule has 96 valence electrons. The summed E-state index contributed by atoms with van der Waals surface area (Å²) < 4.78 is 13.3. The largest absolute Gasteiger partial charge is 0.489 e. The van der Waals surface area contributed by atoms with Crippen molar-refractivity contribution in [3.8, 4) is 16.9 Å². The van der Waals surface area contributed by atoms with Crippen LogP contribution in [-0.4, -0.2) is 21.3 Å². The van der Waals surface area contributed by atoms with Crippen LogP contribution in [0.1, 0.15) is 11.5 Å². The molecule has 19 heavy (non-hydrogen) atoms. The van der Waals surface area contributed by atoms with Crippen LogP contribution in [0.2, 0.25) is 0 Å². The topological polar surface area (TPSA) is 53.1 Å². The van der Waals surface area contributed by atoms with Crippen LogP contribution in [0, 0.1) is 13.8 Å². The number of imidazole rings is 1. The Balaban J connectivity index is 2.09. The van der Waals surface area contributed by atoms with Gasteiger partial charge in [0.2, 0.25) is 0 Å². The normalized spacial score (nSPS) is 13.8. The number of aromatic nitrogens is 3. The Morgan fingerprint density at radius 3 is 2.95 bits per heavy atom. The van der Waals surface area contributed by atoms with Gasteiger partial charge in [-0.25, -0.2) is 4.98 Å². The summed E-state index contributed by atoms with van der Waals surface area (Å²) in [5.74, 6) is 1.70. The van der Waals surface area contributed by atoms with E-state index in [9.17, 15) is 0 Å². The van der Waals surface area contributed by atoms with Gasteiger partial charge in [-0.15, -0.1) is 0 Å². The Hall–Kier alpha value is -2.30. The first-order valence-electron chi connectivity index (χ1n) is 6.29. The summed E-state index contributed by atoms with van der Waals surface area (Å²) in [5, 5.41) is 4.02. The van der Waals surface area contributed by atoms with Gasteiger partial charge in [0, 0.05) is 5.56 Å². The third-order valence-corrected chi connectivity index (χ3v) is 3.61. The highest BCUT2D eigenvalue weighted by molar-refractivity contribution is 5.92. The number of ether oxygens (including phenoxy) is 1. The molecule has 0 amide bonds. The van der Waals surface area contributed by atoms with Crippen molar-refractivity contribution in [2.45, 2.75) is 20.4 Å². The van der Waals surface area contributed by atoms with Gasteiger partial charge in [0.15, 0.2) is 5.75 Å². The number of nitrogens with zero attached hydrogens (tertiary/aromatic N) is 3. The summed E-state index contributed by atoms with van der Waals surface area (Å²) in [6.45, 7) is 5.38. The monoisotopic (exact) mass is 255 g/mol. The summed E-state index contributed by atoms with van der Waals surface area (Å²) in [6, 6.07) is 4.05. The van der Waals surface area contributed by atoms with Crippen LogP contribution in [0.25, 0.3) is 22.2 Å². The first kappa shape index (κ1) is 10.6. The SMILES string of the molecule is Cc1noc(C)c1-c1ccc2ncn3c2c1OCC3. The standard InChI is InChI=1S/C14H13N3O2/c1-8-12(9(2)19-16-8)10-3-4-11-13-14(10)18-6-5-17(13)7-15-11/h3-4,7H,5-6H2,1-2H3. The Kier molecular flexibility index (Phi) is 2.01. The van der Waals surface area contributed by atoms with E-state index in [1.165, 1.54) is 0 Å². The first-order chi connectivity index (χ1) is 9.25. The van der Waals surface area contributed by atoms with Crippen LogP contribution >= 0.6 is 0 Å². The molecule has 3 aromatic rings. The van der Waals surface area contributed by atoms with Gasteiger partial charge < -0.3 is 13.8 Å². The molecule has 0 fully saturated rings. The van der Waals surface area contributed by atoms with Gasteiger partial charge in [0.25, 0.3) is 0 Å². The molecule has 0 N–H and O–H groups in total. The van der Waals surface area contributed by atoms with E-state index in [4.69, 9.17) is 9.26 Å². The quantitative estimate of drug-likeness (QED) is 0.671. The van der Waals surface area contributed by atoms with Gasteiger partial charge >= 0.3 is 0 Å². The van der Waals surface area contributed by atoms with Crippen LogP contribution in [-0.2, 0) is 6.54 Å². The third-order valence-electron chi connectivity index (χ3n) is 3.61. The molecule has 4 rings (SSSR count). The molecule has 0 saturated heterocycles. The number of rotatable bonds is 1. The lowest BCUT2D eigenvalue weighted by Gasteiger charge is -2.19. The van der Waals surface area contributed by atoms with Gasteiger partial charge in [0.05, 0.1) is 29.6 Å². The lowest BCUT2D eigenvalue weighted by atomic mass is 10.0. The highest BCUT2D eigenvalue weighted by Crippen LogP contribution is 2.40. The van der Waals surface area contributed by atoms with E-state index < -0.39 is 0 Å². The Morgan fingerprint density at radius 2 is 2.16 bits per heavy atom. The fourth-order valence-electron chi connectivity index (χ4n) is 2.76. The van der Waals surface area contributed by atoms with Crippen molar-refractivity contribution in [3.05, 3.63) is 29.9 Å². The lowest BCUT2D eigenvalue weighted by molar-refractivity contribution is 0.288. The molecule has 1 aliphatic heterocycles. The molecule has 0 bridgehead atoms. The summed E-state index contributed by atoms with van der Waals surface area (Å²) in [7, 11) is 0. The van der Waals surface area contributed by atoms with E-state index >= 15 is 0 Å². The molecular formula is C14H13N3O2. The molecule has 1 aliphatic rings. The van der Waals surface area contributed by atoms with Gasteiger partial charge in [0.1, 0.15) is 17.9 Å². The Bertz CT molecular complexity index is 766. The van der Waals surface area contributed by atoms with Crippen LogP contribution in [0.4, 0.5) is 0 Å². The molecule has 0 spiro atoms. The second-order valence-corrected chi connectivity index (χ2v) is 4.80. The zero-order valence-corrected chi connectivity index (χ0v) is 10.8. The van der Waals surface area contributed by atoms with E-state index in [1.54, 1.807) is 0 Å². The number of benzene rings is 1. The minimum atomic E-state index is 0.666. The average Bonchev–Trinajstić information content (AvgIpc) is 2.98. The van der Waals surface area contributed by atoms with Crippen LogP contribution < -0.4 is 4.74 Å². The summed E-state index contributed by atoms with van der Waals surface area (Å²) in [5.41, 5.74) is 4.96. The fraction of sp³-hybridized carbons (Fsp3) is 0.286. The lowest BCUT2D eigenvalue weighted by Crippen LogP contribution is -2.14.